The molecule has 2 aromatic rings. The monoisotopic (exact) mass is 288 g/mol. The lowest BCUT2D eigenvalue weighted by molar-refractivity contribution is 0.0527. The zero-order chi connectivity index (χ0) is 15.4. The van der Waals surface area contributed by atoms with Gasteiger partial charge in [-0.05, 0) is 37.6 Å². The molecule has 110 valence electrons. The molecule has 3 N–H and O–H groups in total. The van der Waals surface area contributed by atoms with Crippen molar-refractivity contribution in [3.63, 3.8) is 0 Å². The van der Waals surface area contributed by atoms with Crippen LogP contribution in [0.2, 0.25) is 0 Å². The van der Waals surface area contributed by atoms with Gasteiger partial charge in [0, 0.05) is 0 Å². The minimum Gasteiger partial charge on any atom is -0.462 e. The van der Waals surface area contributed by atoms with Gasteiger partial charge in [-0.25, -0.2) is 9.18 Å². The number of rotatable bonds is 4. The lowest BCUT2D eigenvalue weighted by Gasteiger charge is -2.14. The Balaban J connectivity index is 2.37. The van der Waals surface area contributed by atoms with E-state index in [0.29, 0.717) is 11.4 Å². The van der Waals surface area contributed by atoms with E-state index >= 15 is 0 Å². The van der Waals surface area contributed by atoms with Crippen molar-refractivity contribution in [2.45, 2.75) is 13.8 Å². The summed E-state index contributed by atoms with van der Waals surface area (Å²) in [5.41, 5.74) is 8.02. The highest BCUT2D eigenvalue weighted by Gasteiger charge is 2.15. The molecule has 0 bridgehead atoms. The average molecular weight is 288 g/mol. The number of esters is 1. The van der Waals surface area contributed by atoms with Gasteiger partial charge in [-0.3, -0.25) is 0 Å². The third kappa shape index (κ3) is 3.13. The Morgan fingerprint density at radius 1 is 1.29 bits per heavy atom. The second kappa shape index (κ2) is 6.26. The van der Waals surface area contributed by atoms with Crippen LogP contribution in [0.5, 0.6) is 0 Å². The molecule has 0 aliphatic heterocycles. The molecule has 0 atom stereocenters. The highest BCUT2D eigenvalue weighted by Crippen LogP contribution is 2.29. The first kappa shape index (κ1) is 14.8. The molecule has 2 rings (SSSR count). The van der Waals surface area contributed by atoms with Gasteiger partial charge in [-0.15, -0.1) is 0 Å². The summed E-state index contributed by atoms with van der Waals surface area (Å²) < 4.78 is 18.8. The summed E-state index contributed by atoms with van der Waals surface area (Å²) in [6.07, 6.45) is 0. The van der Waals surface area contributed by atoms with Crippen LogP contribution in [0.25, 0.3) is 0 Å². The number of nitrogens with two attached hydrogens (primary N) is 1. The number of para-hydroxylation sites is 2. The number of nitrogens with one attached hydrogen (secondary N) is 1. The standard InChI is InChI=1S/C16H17FN2O2/c1-3-21-16(20)11-7-5-9-13(14(11)18)19-15-10(2)6-4-8-12(15)17/h4-9,19H,3,18H2,1-2H3. The van der Waals surface area contributed by atoms with Crippen LogP contribution < -0.4 is 11.1 Å². The Morgan fingerprint density at radius 2 is 2.00 bits per heavy atom. The Labute approximate surface area is 122 Å². The van der Waals surface area contributed by atoms with E-state index < -0.39 is 5.97 Å². The number of nitrogen functional groups attached to an aromatic ring is 1. The molecule has 4 nitrogen and oxygen atoms in total. The van der Waals surface area contributed by atoms with E-state index in [4.69, 9.17) is 10.5 Å². The fourth-order valence-electron chi connectivity index (χ4n) is 1.99. The summed E-state index contributed by atoms with van der Waals surface area (Å²) in [4.78, 5) is 11.8. The number of anilines is 3. The fraction of sp³-hybridized carbons (Fsp3) is 0.188. The summed E-state index contributed by atoms with van der Waals surface area (Å²) in [6, 6.07) is 9.71. The van der Waals surface area contributed by atoms with Crippen LogP contribution >= 0.6 is 0 Å². The molecule has 0 aromatic heterocycles. The maximum absolute atomic E-state index is 13.9. The zero-order valence-corrected chi connectivity index (χ0v) is 11.9. The normalized spacial score (nSPS) is 10.2. The molecule has 21 heavy (non-hydrogen) atoms. The maximum atomic E-state index is 13.9. The minimum absolute atomic E-state index is 0.235. The second-order valence-electron chi connectivity index (χ2n) is 4.54. The van der Waals surface area contributed by atoms with Crippen molar-refractivity contribution < 1.29 is 13.9 Å². The highest BCUT2D eigenvalue weighted by molar-refractivity contribution is 5.99. The van der Waals surface area contributed by atoms with Crippen molar-refractivity contribution >= 4 is 23.0 Å². The number of ether oxygens (including phenoxy) is 1. The average Bonchev–Trinajstić information content (AvgIpc) is 2.45. The lowest BCUT2D eigenvalue weighted by atomic mass is 10.1. The number of carbonyl (C=O) groups excluding carboxylic acids is 1. The molecule has 0 spiro atoms. The van der Waals surface area contributed by atoms with Crippen LogP contribution in [0.1, 0.15) is 22.8 Å². The van der Waals surface area contributed by atoms with Crippen molar-refractivity contribution in [3.05, 3.63) is 53.3 Å². The molecule has 0 aliphatic carbocycles. The number of hydrogen-bond donors (Lipinski definition) is 2. The van der Waals surface area contributed by atoms with E-state index in [0.717, 1.165) is 5.56 Å². The molecule has 5 heteroatoms. The predicted molar refractivity (Wildman–Crippen MR) is 81.2 cm³/mol. The highest BCUT2D eigenvalue weighted by atomic mass is 19.1. The van der Waals surface area contributed by atoms with Gasteiger partial charge >= 0.3 is 5.97 Å². The Hall–Kier alpha value is -2.56. The summed E-state index contributed by atoms with van der Waals surface area (Å²) in [5, 5.41) is 2.94. The van der Waals surface area contributed by atoms with E-state index in [1.165, 1.54) is 6.07 Å². The molecule has 0 fully saturated rings. The van der Waals surface area contributed by atoms with E-state index in [9.17, 15) is 9.18 Å². The summed E-state index contributed by atoms with van der Waals surface area (Å²) in [5.74, 6) is -0.875. The third-order valence-corrected chi connectivity index (χ3v) is 3.08. The molecule has 0 aliphatic rings. The summed E-state index contributed by atoms with van der Waals surface area (Å²) >= 11 is 0. The Kier molecular flexibility index (Phi) is 4.42. The van der Waals surface area contributed by atoms with Gasteiger partial charge < -0.3 is 15.8 Å². The van der Waals surface area contributed by atoms with Crippen LogP contribution in [0.3, 0.4) is 0 Å². The van der Waals surface area contributed by atoms with E-state index in [1.807, 2.05) is 0 Å². The molecular weight excluding hydrogens is 271 g/mol. The lowest BCUT2D eigenvalue weighted by Crippen LogP contribution is -2.10. The van der Waals surface area contributed by atoms with Gasteiger partial charge in [0.25, 0.3) is 0 Å². The van der Waals surface area contributed by atoms with Crippen molar-refractivity contribution in [1.82, 2.24) is 0 Å². The zero-order valence-electron chi connectivity index (χ0n) is 11.9. The van der Waals surface area contributed by atoms with Gasteiger partial charge in [-0.1, -0.05) is 18.2 Å². The first-order valence-corrected chi connectivity index (χ1v) is 6.62. The molecular formula is C16H17FN2O2. The van der Waals surface area contributed by atoms with Crippen LogP contribution in [0, 0.1) is 12.7 Å². The van der Waals surface area contributed by atoms with Gasteiger partial charge in [-0.2, -0.15) is 0 Å². The smallest absolute Gasteiger partial charge is 0.340 e. The summed E-state index contributed by atoms with van der Waals surface area (Å²) in [6.45, 7) is 3.78. The van der Waals surface area contributed by atoms with Crippen molar-refractivity contribution in [2.75, 3.05) is 17.7 Å². The third-order valence-electron chi connectivity index (χ3n) is 3.08. The first-order valence-electron chi connectivity index (χ1n) is 6.62. The number of aryl methyl sites for hydroxylation is 1. The second-order valence-corrected chi connectivity index (χ2v) is 4.54. The number of halogens is 1. The van der Waals surface area contributed by atoms with Crippen LogP contribution in [0.4, 0.5) is 21.5 Å². The van der Waals surface area contributed by atoms with Crippen LogP contribution in [-0.4, -0.2) is 12.6 Å². The minimum atomic E-state index is -0.496. The van der Waals surface area contributed by atoms with E-state index in [-0.39, 0.29) is 23.7 Å². The van der Waals surface area contributed by atoms with Gasteiger partial charge in [0.05, 0.1) is 29.2 Å². The molecule has 0 saturated heterocycles. The predicted octanol–water partition coefficient (Wildman–Crippen LogP) is 3.64. The SMILES string of the molecule is CCOC(=O)c1cccc(Nc2c(C)cccc2F)c1N. The van der Waals surface area contributed by atoms with Crippen molar-refractivity contribution in [3.8, 4) is 0 Å². The van der Waals surface area contributed by atoms with Crippen molar-refractivity contribution in [2.24, 2.45) is 0 Å². The molecule has 0 radical (unpaired) electrons. The molecule has 2 aromatic carbocycles. The van der Waals surface area contributed by atoms with Gasteiger partial charge in [0.15, 0.2) is 0 Å². The maximum Gasteiger partial charge on any atom is 0.340 e. The van der Waals surface area contributed by atoms with Gasteiger partial charge in [0.1, 0.15) is 5.82 Å². The Bertz CT molecular complexity index is 651. The quantitative estimate of drug-likeness (QED) is 0.666. The largest absolute Gasteiger partial charge is 0.462 e. The Morgan fingerprint density at radius 3 is 2.67 bits per heavy atom. The number of hydrogen-bond acceptors (Lipinski definition) is 4. The van der Waals surface area contributed by atoms with E-state index in [1.54, 1.807) is 44.2 Å². The topological polar surface area (TPSA) is 64.3 Å². The molecule has 0 unspecified atom stereocenters. The van der Waals surface area contributed by atoms with Gasteiger partial charge in [0.2, 0.25) is 0 Å². The molecule has 0 amide bonds. The first-order chi connectivity index (χ1) is 10.0. The molecule has 0 saturated carbocycles. The number of benzene rings is 2. The summed E-state index contributed by atoms with van der Waals surface area (Å²) in [7, 11) is 0. The van der Waals surface area contributed by atoms with Crippen molar-refractivity contribution in [1.29, 1.82) is 0 Å². The molecule has 0 heterocycles. The number of carbonyl (C=O) groups is 1. The van der Waals surface area contributed by atoms with Crippen LogP contribution in [0.15, 0.2) is 36.4 Å². The van der Waals surface area contributed by atoms with Crippen LogP contribution in [-0.2, 0) is 4.74 Å². The van der Waals surface area contributed by atoms with E-state index in [2.05, 4.69) is 5.32 Å². The fourth-order valence-corrected chi connectivity index (χ4v) is 1.99.